The third-order valence-electron chi connectivity index (χ3n) is 8.02. The molecule has 3 aliphatic heterocycles. The highest BCUT2D eigenvalue weighted by atomic mass is 32.2. The third kappa shape index (κ3) is 4.80. The highest BCUT2D eigenvalue weighted by Crippen LogP contribution is 2.41. The van der Waals surface area contributed by atoms with Gasteiger partial charge in [-0.1, -0.05) is 0 Å². The van der Waals surface area contributed by atoms with Crippen LogP contribution in [0.4, 0.5) is 20.4 Å². The Morgan fingerprint density at radius 2 is 2.00 bits per heavy atom. The second-order valence-corrected chi connectivity index (χ2v) is 11.9. The van der Waals surface area contributed by atoms with E-state index in [1.807, 2.05) is 0 Å². The summed E-state index contributed by atoms with van der Waals surface area (Å²) in [6, 6.07) is 6.66. The van der Waals surface area contributed by atoms with E-state index in [0.717, 1.165) is 37.8 Å². The molecular formula is C25H29F2N7O4S. The first-order chi connectivity index (χ1) is 18.7. The first-order valence-electron chi connectivity index (χ1n) is 12.9. The van der Waals surface area contributed by atoms with Gasteiger partial charge >= 0.3 is 6.61 Å². The van der Waals surface area contributed by atoms with Crippen LogP contribution in [0.25, 0.3) is 11.1 Å². The Morgan fingerprint density at radius 1 is 1.18 bits per heavy atom. The number of aromatic amines is 1. The molecule has 39 heavy (non-hydrogen) atoms. The number of sulfonamides is 1. The number of rotatable bonds is 7. The van der Waals surface area contributed by atoms with Crippen LogP contribution in [0.5, 0.6) is 11.6 Å². The van der Waals surface area contributed by atoms with Gasteiger partial charge in [-0.3, -0.25) is 0 Å². The standard InChI is InChI=1S/C25H29F2N7O4S/c1-33-11-2-7-25(33)8-12-34(13-9-25)39(35,36)24-30-23(31-32-24)29-21-17(3-4-19-18(21)6-14-37-19)16-5-10-28-20(15-16)38-22(26)27/h3-5,10,15,22H,2,6-9,11-14H2,1H3,(H2,29,30,31,32). The van der Waals surface area contributed by atoms with E-state index < -0.39 is 16.6 Å². The number of nitrogens with zero attached hydrogens (tertiary/aromatic N) is 5. The van der Waals surface area contributed by atoms with E-state index in [0.29, 0.717) is 48.7 Å². The number of hydrogen-bond acceptors (Lipinski definition) is 9. The van der Waals surface area contributed by atoms with Crippen LogP contribution in [-0.4, -0.2) is 83.2 Å². The Hall–Kier alpha value is -3.36. The third-order valence-corrected chi connectivity index (χ3v) is 9.74. The highest BCUT2D eigenvalue weighted by Gasteiger charge is 2.44. The number of likely N-dealkylation sites (tertiary alicyclic amines) is 1. The van der Waals surface area contributed by atoms with Crippen molar-refractivity contribution in [3.8, 4) is 22.8 Å². The average Bonchev–Trinajstić information content (AvgIpc) is 3.66. The van der Waals surface area contributed by atoms with Gasteiger partial charge in [0.05, 0.1) is 12.3 Å². The van der Waals surface area contributed by atoms with Gasteiger partial charge in [0, 0.05) is 48.4 Å². The van der Waals surface area contributed by atoms with Gasteiger partial charge in [-0.05, 0) is 63.0 Å². The molecule has 3 aromatic rings. The Labute approximate surface area is 224 Å². The maximum absolute atomic E-state index is 13.4. The lowest BCUT2D eigenvalue weighted by Gasteiger charge is -2.42. The molecule has 3 aliphatic rings. The van der Waals surface area contributed by atoms with Crippen LogP contribution in [-0.2, 0) is 16.4 Å². The van der Waals surface area contributed by atoms with E-state index in [1.54, 1.807) is 18.2 Å². The molecule has 0 aliphatic carbocycles. The van der Waals surface area contributed by atoms with Gasteiger partial charge in [0.25, 0.3) is 15.2 Å². The summed E-state index contributed by atoms with van der Waals surface area (Å²) in [7, 11) is -1.75. The minimum Gasteiger partial charge on any atom is -0.493 e. The number of halogens is 2. The molecular weight excluding hydrogens is 532 g/mol. The van der Waals surface area contributed by atoms with E-state index in [-0.39, 0.29) is 22.5 Å². The number of benzene rings is 1. The monoisotopic (exact) mass is 561 g/mol. The van der Waals surface area contributed by atoms with Gasteiger partial charge < -0.3 is 19.7 Å². The zero-order valence-electron chi connectivity index (χ0n) is 21.4. The summed E-state index contributed by atoms with van der Waals surface area (Å²) < 4.78 is 63.9. The molecule has 0 saturated carbocycles. The number of nitrogens with one attached hydrogen (secondary N) is 2. The summed E-state index contributed by atoms with van der Waals surface area (Å²) in [4.78, 5) is 10.5. The molecule has 0 unspecified atom stereocenters. The molecule has 1 spiro atoms. The van der Waals surface area contributed by atoms with E-state index >= 15 is 0 Å². The maximum Gasteiger partial charge on any atom is 0.388 e. The summed E-state index contributed by atoms with van der Waals surface area (Å²) in [6.45, 7) is -0.635. The second-order valence-electron chi connectivity index (χ2n) is 10.1. The normalized spacial score (nSPS) is 19.4. The number of anilines is 2. The zero-order chi connectivity index (χ0) is 27.2. The number of alkyl halides is 2. The smallest absolute Gasteiger partial charge is 0.388 e. The molecule has 11 nitrogen and oxygen atoms in total. The van der Waals surface area contributed by atoms with Crippen molar-refractivity contribution in [2.45, 2.75) is 49.4 Å². The van der Waals surface area contributed by atoms with E-state index in [2.05, 4.69) is 42.2 Å². The molecule has 0 amide bonds. The number of hydrogen-bond donors (Lipinski definition) is 2. The van der Waals surface area contributed by atoms with E-state index in [1.165, 1.54) is 16.6 Å². The topological polar surface area (TPSA) is 126 Å². The predicted octanol–water partition coefficient (Wildman–Crippen LogP) is 3.40. The van der Waals surface area contributed by atoms with Crippen LogP contribution < -0.4 is 14.8 Å². The number of piperidine rings is 1. The Bertz CT molecular complexity index is 1470. The van der Waals surface area contributed by atoms with Crippen molar-refractivity contribution >= 4 is 21.7 Å². The number of H-pyrrole nitrogens is 1. The quantitative estimate of drug-likeness (QED) is 0.446. The molecule has 2 N–H and O–H groups in total. The van der Waals surface area contributed by atoms with Gasteiger partial charge in [0.2, 0.25) is 11.8 Å². The molecule has 1 aromatic carbocycles. The fourth-order valence-corrected chi connectivity index (χ4v) is 7.16. The summed E-state index contributed by atoms with van der Waals surface area (Å²) in [5.41, 5.74) is 2.74. The molecule has 0 radical (unpaired) electrons. The van der Waals surface area contributed by atoms with E-state index in [9.17, 15) is 17.2 Å². The van der Waals surface area contributed by atoms with Gasteiger partial charge in [0.1, 0.15) is 5.75 Å². The maximum atomic E-state index is 13.4. The number of pyridine rings is 1. The lowest BCUT2D eigenvalue weighted by molar-refractivity contribution is -0.0528. The SMILES string of the molecule is CN1CCCC12CCN(S(=O)(=O)c1nc(Nc3c(-c4ccnc(OC(F)F)c4)ccc4c3CCO4)n[nH]1)CC2. The average molecular weight is 562 g/mol. The minimum atomic E-state index is -3.86. The Morgan fingerprint density at radius 3 is 2.74 bits per heavy atom. The van der Waals surface area contributed by atoms with Crippen LogP contribution in [0.15, 0.2) is 35.6 Å². The summed E-state index contributed by atoms with van der Waals surface area (Å²) in [5, 5.41) is 9.62. The number of fused-ring (bicyclic) bond motifs is 1. The molecule has 0 bridgehead atoms. The van der Waals surface area contributed by atoms with Crippen LogP contribution >= 0.6 is 0 Å². The largest absolute Gasteiger partial charge is 0.493 e. The van der Waals surface area contributed by atoms with Gasteiger partial charge in [0.15, 0.2) is 0 Å². The van der Waals surface area contributed by atoms with Crippen LogP contribution in [0.2, 0.25) is 0 Å². The molecule has 0 atom stereocenters. The zero-order valence-corrected chi connectivity index (χ0v) is 22.2. The molecule has 208 valence electrons. The lowest BCUT2D eigenvalue weighted by atomic mass is 9.86. The van der Waals surface area contributed by atoms with Crippen molar-refractivity contribution < 1.29 is 26.7 Å². The fraction of sp³-hybridized carbons (Fsp3) is 0.480. The van der Waals surface area contributed by atoms with E-state index in [4.69, 9.17) is 4.74 Å². The fourth-order valence-electron chi connectivity index (χ4n) is 5.89. The molecule has 5 heterocycles. The summed E-state index contributed by atoms with van der Waals surface area (Å²) in [6.07, 6.45) is 5.76. The van der Waals surface area contributed by atoms with Crippen molar-refractivity contribution in [3.63, 3.8) is 0 Å². The van der Waals surface area contributed by atoms with Crippen molar-refractivity contribution in [3.05, 3.63) is 36.0 Å². The lowest BCUT2D eigenvalue weighted by Crippen LogP contribution is -2.52. The van der Waals surface area contributed by atoms with Crippen molar-refractivity contribution in [2.75, 3.05) is 38.6 Å². The van der Waals surface area contributed by atoms with Crippen molar-refractivity contribution in [2.24, 2.45) is 0 Å². The predicted molar refractivity (Wildman–Crippen MR) is 138 cm³/mol. The first-order valence-corrected chi connectivity index (χ1v) is 14.3. The Kier molecular flexibility index (Phi) is 6.63. The highest BCUT2D eigenvalue weighted by molar-refractivity contribution is 7.88. The van der Waals surface area contributed by atoms with Gasteiger partial charge in [-0.25, -0.2) is 18.5 Å². The second kappa shape index (κ2) is 9.99. The van der Waals surface area contributed by atoms with Crippen LogP contribution in [0, 0.1) is 0 Å². The summed E-state index contributed by atoms with van der Waals surface area (Å²) >= 11 is 0. The molecule has 2 fully saturated rings. The molecule has 2 saturated heterocycles. The van der Waals surface area contributed by atoms with Gasteiger partial charge in [-0.15, -0.1) is 5.10 Å². The van der Waals surface area contributed by atoms with Crippen LogP contribution in [0.3, 0.4) is 0 Å². The summed E-state index contributed by atoms with van der Waals surface area (Å²) in [5.74, 6) is 0.516. The molecule has 14 heteroatoms. The number of aromatic nitrogens is 4. The molecule has 2 aromatic heterocycles. The van der Waals surface area contributed by atoms with Gasteiger partial charge in [-0.2, -0.15) is 18.1 Å². The number of ether oxygens (including phenoxy) is 2. The van der Waals surface area contributed by atoms with Crippen molar-refractivity contribution in [1.82, 2.24) is 29.4 Å². The van der Waals surface area contributed by atoms with Crippen molar-refractivity contribution in [1.29, 1.82) is 0 Å². The first kappa shape index (κ1) is 25.9. The molecule has 6 rings (SSSR count). The Balaban J connectivity index is 1.26. The van der Waals surface area contributed by atoms with Crippen LogP contribution in [0.1, 0.15) is 31.2 Å². The minimum absolute atomic E-state index is 0.0669.